The maximum atomic E-state index is 12.5. The van der Waals surface area contributed by atoms with Gasteiger partial charge >= 0.3 is 6.18 Å². The highest BCUT2D eigenvalue weighted by atomic mass is 19.4. The van der Waals surface area contributed by atoms with Gasteiger partial charge in [-0.25, -0.2) is 4.98 Å². The predicted molar refractivity (Wildman–Crippen MR) is 67.5 cm³/mol. The van der Waals surface area contributed by atoms with Gasteiger partial charge in [-0.1, -0.05) is 26.0 Å². The van der Waals surface area contributed by atoms with Crippen molar-refractivity contribution in [2.75, 3.05) is 5.73 Å². The molecule has 6 heteroatoms. The molecule has 102 valence electrons. The molecule has 0 bridgehead atoms. The average molecular weight is 269 g/mol. The van der Waals surface area contributed by atoms with E-state index in [0.29, 0.717) is 11.3 Å². The van der Waals surface area contributed by atoms with Gasteiger partial charge in [-0.05, 0) is 18.1 Å². The number of aromatic amines is 1. The number of nitrogen functional groups attached to an aromatic ring is 1. The summed E-state index contributed by atoms with van der Waals surface area (Å²) in [4.78, 5) is 7.07. The maximum Gasteiger partial charge on any atom is 0.416 e. The number of aromatic nitrogens is 2. The van der Waals surface area contributed by atoms with E-state index in [9.17, 15) is 13.2 Å². The van der Waals surface area contributed by atoms with Crippen LogP contribution in [0.1, 0.15) is 31.0 Å². The second-order valence-electron chi connectivity index (χ2n) is 4.61. The van der Waals surface area contributed by atoms with Crippen LogP contribution in [0.2, 0.25) is 0 Å². The van der Waals surface area contributed by atoms with Gasteiger partial charge in [0.05, 0.1) is 11.3 Å². The third-order valence-corrected chi connectivity index (χ3v) is 2.81. The second-order valence-corrected chi connectivity index (χ2v) is 4.61. The van der Waals surface area contributed by atoms with Crippen LogP contribution in [0.15, 0.2) is 24.3 Å². The van der Waals surface area contributed by atoms with Crippen molar-refractivity contribution in [3.63, 3.8) is 0 Å². The maximum absolute atomic E-state index is 12.5. The quantitative estimate of drug-likeness (QED) is 0.871. The number of halogens is 3. The van der Waals surface area contributed by atoms with E-state index < -0.39 is 11.7 Å². The summed E-state index contributed by atoms with van der Waals surface area (Å²) in [5, 5.41) is 0. The van der Waals surface area contributed by atoms with Crippen LogP contribution >= 0.6 is 0 Å². The number of nitrogens with two attached hydrogens (primary N) is 1. The van der Waals surface area contributed by atoms with Crippen molar-refractivity contribution in [1.82, 2.24) is 9.97 Å². The molecule has 0 spiro atoms. The zero-order chi connectivity index (χ0) is 14.2. The van der Waals surface area contributed by atoms with Crippen molar-refractivity contribution in [2.24, 2.45) is 0 Å². The first kappa shape index (κ1) is 13.5. The minimum Gasteiger partial charge on any atom is -0.369 e. The number of hydrogen-bond donors (Lipinski definition) is 2. The smallest absolute Gasteiger partial charge is 0.369 e. The molecule has 1 aromatic heterocycles. The Kier molecular flexibility index (Phi) is 3.26. The van der Waals surface area contributed by atoms with E-state index >= 15 is 0 Å². The summed E-state index contributed by atoms with van der Waals surface area (Å²) in [6.45, 7) is 3.92. The number of H-pyrrole nitrogens is 1. The Bertz CT molecular complexity index is 568. The lowest BCUT2D eigenvalue weighted by Crippen LogP contribution is -2.04. The van der Waals surface area contributed by atoms with E-state index in [0.717, 1.165) is 17.8 Å². The summed E-state index contributed by atoms with van der Waals surface area (Å²) >= 11 is 0. The summed E-state index contributed by atoms with van der Waals surface area (Å²) in [5.74, 6) is 0.417. The topological polar surface area (TPSA) is 54.7 Å². The molecule has 0 atom stereocenters. The number of benzene rings is 1. The Hall–Kier alpha value is -1.98. The minimum absolute atomic E-state index is 0.155. The van der Waals surface area contributed by atoms with Crippen molar-refractivity contribution >= 4 is 5.95 Å². The summed E-state index contributed by atoms with van der Waals surface area (Å²) in [6, 6.07) is 4.91. The normalized spacial score (nSPS) is 12.1. The van der Waals surface area contributed by atoms with Crippen molar-refractivity contribution in [3.05, 3.63) is 35.5 Å². The lowest BCUT2D eigenvalue weighted by Gasteiger charge is -2.08. The summed E-state index contributed by atoms with van der Waals surface area (Å²) < 4.78 is 37.5. The average Bonchev–Trinajstić information content (AvgIpc) is 2.70. The summed E-state index contributed by atoms with van der Waals surface area (Å²) in [7, 11) is 0. The SMILES string of the molecule is CC(C)c1[nH]c(N)nc1-c1ccc(C(F)(F)F)cc1. The van der Waals surface area contributed by atoms with E-state index in [1.54, 1.807) is 0 Å². The van der Waals surface area contributed by atoms with Crippen LogP contribution in [0.5, 0.6) is 0 Å². The molecule has 3 nitrogen and oxygen atoms in total. The van der Waals surface area contributed by atoms with Gasteiger partial charge in [-0.15, -0.1) is 0 Å². The fraction of sp³-hybridized carbons (Fsp3) is 0.308. The molecule has 19 heavy (non-hydrogen) atoms. The highest BCUT2D eigenvalue weighted by Crippen LogP contribution is 2.32. The number of alkyl halides is 3. The fourth-order valence-electron chi connectivity index (χ4n) is 1.86. The van der Waals surface area contributed by atoms with E-state index in [1.807, 2.05) is 13.8 Å². The zero-order valence-electron chi connectivity index (χ0n) is 10.5. The molecule has 0 amide bonds. The molecule has 0 aliphatic carbocycles. The van der Waals surface area contributed by atoms with Crippen LogP contribution < -0.4 is 5.73 Å². The van der Waals surface area contributed by atoms with E-state index in [1.165, 1.54) is 12.1 Å². The van der Waals surface area contributed by atoms with Crippen LogP contribution in [0.25, 0.3) is 11.3 Å². The number of imidazole rings is 1. The number of rotatable bonds is 2. The monoisotopic (exact) mass is 269 g/mol. The Morgan fingerprint density at radius 1 is 1.16 bits per heavy atom. The van der Waals surface area contributed by atoms with Crippen LogP contribution in [0.3, 0.4) is 0 Å². The Balaban J connectivity index is 2.43. The van der Waals surface area contributed by atoms with Gasteiger partial charge in [-0.3, -0.25) is 0 Å². The predicted octanol–water partition coefficient (Wildman–Crippen LogP) is 3.80. The largest absolute Gasteiger partial charge is 0.416 e. The molecule has 0 aliphatic rings. The molecule has 0 unspecified atom stereocenters. The van der Waals surface area contributed by atoms with Gasteiger partial charge in [0, 0.05) is 11.3 Å². The molecule has 1 aromatic carbocycles. The van der Waals surface area contributed by atoms with E-state index in [-0.39, 0.29) is 11.9 Å². The van der Waals surface area contributed by atoms with Crippen LogP contribution in [-0.2, 0) is 6.18 Å². The van der Waals surface area contributed by atoms with Crippen molar-refractivity contribution in [3.8, 4) is 11.3 Å². The molecule has 0 saturated heterocycles. The fourth-order valence-corrected chi connectivity index (χ4v) is 1.86. The lowest BCUT2D eigenvalue weighted by atomic mass is 10.0. The van der Waals surface area contributed by atoms with Gasteiger partial charge in [0.2, 0.25) is 0 Å². The highest BCUT2D eigenvalue weighted by Gasteiger charge is 2.30. The molecular weight excluding hydrogens is 255 g/mol. The number of nitrogens with one attached hydrogen (secondary N) is 1. The van der Waals surface area contributed by atoms with Gasteiger partial charge < -0.3 is 10.7 Å². The van der Waals surface area contributed by atoms with E-state index in [2.05, 4.69) is 9.97 Å². The second kappa shape index (κ2) is 4.60. The minimum atomic E-state index is -4.33. The third-order valence-electron chi connectivity index (χ3n) is 2.81. The number of anilines is 1. The van der Waals surface area contributed by atoms with Gasteiger partial charge in [0.1, 0.15) is 0 Å². The van der Waals surface area contributed by atoms with Crippen molar-refractivity contribution in [1.29, 1.82) is 0 Å². The number of nitrogens with zero attached hydrogens (tertiary/aromatic N) is 1. The van der Waals surface area contributed by atoms with E-state index in [4.69, 9.17) is 5.73 Å². The first-order valence-electron chi connectivity index (χ1n) is 5.82. The zero-order valence-corrected chi connectivity index (χ0v) is 10.5. The summed E-state index contributed by atoms with van der Waals surface area (Å²) in [5.41, 5.74) is 6.96. The Morgan fingerprint density at radius 3 is 2.21 bits per heavy atom. The van der Waals surface area contributed by atoms with Crippen LogP contribution in [0, 0.1) is 0 Å². The Labute approximate surface area is 108 Å². The molecule has 1 heterocycles. The molecule has 2 aromatic rings. The van der Waals surface area contributed by atoms with Crippen LogP contribution in [0.4, 0.5) is 19.1 Å². The molecule has 0 radical (unpaired) electrons. The lowest BCUT2D eigenvalue weighted by molar-refractivity contribution is -0.137. The molecule has 0 saturated carbocycles. The molecule has 0 fully saturated rings. The van der Waals surface area contributed by atoms with Gasteiger partial charge in [-0.2, -0.15) is 13.2 Å². The van der Waals surface area contributed by atoms with Crippen LogP contribution in [-0.4, -0.2) is 9.97 Å². The molecule has 3 N–H and O–H groups in total. The van der Waals surface area contributed by atoms with Crippen molar-refractivity contribution in [2.45, 2.75) is 25.9 Å². The number of hydrogen-bond acceptors (Lipinski definition) is 2. The molecular formula is C13H14F3N3. The standard InChI is InChI=1S/C13H14F3N3/c1-7(2)10-11(19-12(17)18-10)8-3-5-9(6-4-8)13(14,15)16/h3-7H,1-2H3,(H3,17,18,19). The highest BCUT2D eigenvalue weighted by molar-refractivity contribution is 5.64. The molecule has 2 rings (SSSR count). The van der Waals surface area contributed by atoms with Gasteiger partial charge in [0.25, 0.3) is 0 Å². The van der Waals surface area contributed by atoms with Gasteiger partial charge in [0.15, 0.2) is 5.95 Å². The molecule has 0 aliphatic heterocycles. The first-order chi connectivity index (χ1) is 8.79. The Morgan fingerprint density at radius 2 is 1.74 bits per heavy atom. The summed E-state index contributed by atoms with van der Waals surface area (Å²) in [6.07, 6.45) is -4.33. The first-order valence-corrected chi connectivity index (χ1v) is 5.82. The third kappa shape index (κ3) is 2.72. The van der Waals surface area contributed by atoms with Crippen molar-refractivity contribution < 1.29 is 13.2 Å².